The fraction of sp³-hybridized carbons (Fsp3) is 0.222. The summed E-state index contributed by atoms with van der Waals surface area (Å²) >= 11 is 8.96. The zero-order valence-electron chi connectivity index (χ0n) is 8.00. The molecule has 0 bridgehead atoms. The Hall–Kier alpha value is -0.780. The van der Waals surface area contributed by atoms with E-state index < -0.39 is 6.03 Å². The van der Waals surface area contributed by atoms with Gasteiger partial charge in [-0.15, -0.1) is 0 Å². The maximum Gasteiger partial charge on any atom is 0.345 e. The molecule has 2 amide bonds. The Morgan fingerprint density at radius 1 is 1.67 bits per heavy atom. The second kappa shape index (κ2) is 5.34. The summed E-state index contributed by atoms with van der Waals surface area (Å²) in [6.45, 7) is 2.20. The van der Waals surface area contributed by atoms with Crippen LogP contribution in [0.15, 0.2) is 22.7 Å². The minimum atomic E-state index is -0.597. The van der Waals surface area contributed by atoms with Gasteiger partial charge in [0.2, 0.25) is 0 Å². The van der Waals surface area contributed by atoms with Gasteiger partial charge in [0.1, 0.15) is 0 Å². The number of urea groups is 1. The van der Waals surface area contributed by atoms with Gasteiger partial charge in [-0.2, -0.15) is 5.06 Å². The quantitative estimate of drug-likeness (QED) is 0.650. The molecule has 1 aromatic carbocycles. The molecule has 1 rings (SSSR count). The molecule has 0 radical (unpaired) electrons. The van der Waals surface area contributed by atoms with E-state index in [1.54, 1.807) is 19.1 Å². The van der Waals surface area contributed by atoms with E-state index in [2.05, 4.69) is 21.2 Å². The Bertz CT molecular complexity index is 373. The van der Waals surface area contributed by atoms with Gasteiger partial charge in [0.15, 0.2) is 0 Å². The smallest absolute Gasteiger partial charge is 0.336 e. The molecule has 0 aliphatic rings. The number of hydrogen-bond donors (Lipinski definition) is 2. The van der Waals surface area contributed by atoms with Crippen LogP contribution in [0.5, 0.6) is 0 Å². The first-order valence-electron chi connectivity index (χ1n) is 4.28. The maximum absolute atomic E-state index is 11.3. The van der Waals surface area contributed by atoms with Gasteiger partial charge in [0.25, 0.3) is 0 Å². The third-order valence-corrected chi connectivity index (χ3v) is 2.56. The lowest BCUT2D eigenvalue weighted by molar-refractivity contribution is 0.205. The van der Waals surface area contributed by atoms with Crippen molar-refractivity contribution in [2.24, 2.45) is 0 Å². The van der Waals surface area contributed by atoms with Gasteiger partial charge < -0.3 is 5.32 Å². The Balaban J connectivity index is 2.94. The number of benzene rings is 1. The first kappa shape index (κ1) is 12.3. The van der Waals surface area contributed by atoms with Crippen LogP contribution >= 0.6 is 27.5 Å². The third-order valence-electron chi connectivity index (χ3n) is 1.66. The van der Waals surface area contributed by atoms with Crippen molar-refractivity contribution < 1.29 is 10.0 Å². The van der Waals surface area contributed by atoms with Gasteiger partial charge >= 0.3 is 6.03 Å². The Labute approximate surface area is 101 Å². The lowest BCUT2D eigenvalue weighted by Crippen LogP contribution is -2.37. The summed E-state index contributed by atoms with van der Waals surface area (Å²) in [5, 5.41) is 13.0. The second-order valence-electron chi connectivity index (χ2n) is 2.74. The molecule has 0 aliphatic carbocycles. The number of rotatable bonds is 2. The van der Waals surface area contributed by atoms with Crippen LogP contribution in [-0.2, 0) is 0 Å². The number of amides is 2. The van der Waals surface area contributed by atoms with E-state index in [1.165, 1.54) is 6.07 Å². The first-order chi connectivity index (χ1) is 7.06. The van der Waals surface area contributed by atoms with Gasteiger partial charge in [-0.25, -0.2) is 4.79 Å². The summed E-state index contributed by atoms with van der Waals surface area (Å²) in [4.78, 5) is 11.3. The van der Waals surface area contributed by atoms with Crippen LogP contribution in [0, 0.1) is 0 Å². The monoisotopic (exact) mass is 292 g/mol. The number of halogens is 2. The van der Waals surface area contributed by atoms with Crippen molar-refractivity contribution in [2.75, 3.05) is 11.6 Å². The molecule has 15 heavy (non-hydrogen) atoms. The lowest BCUT2D eigenvalue weighted by atomic mass is 10.3. The number of hydrogen-bond acceptors (Lipinski definition) is 2. The number of anilines is 1. The average molecular weight is 294 g/mol. The standard InChI is InChI=1S/C9H10BrClN2O2/c1-2-12-9(14)13(15)8-5-6(11)3-4-7(8)10/h3-5,15H,2H2,1H3,(H,12,14). The Kier molecular flexibility index (Phi) is 4.38. The molecule has 0 saturated heterocycles. The average Bonchev–Trinajstić information content (AvgIpc) is 2.21. The third kappa shape index (κ3) is 3.09. The van der Waals surface area contributed by atoms with Crippen molar-refractivity contribution in [3.8, 4) is 0 Å². The summed E-state index contributed by atoms with van der Waals surface area (Å²) in [5.41, 5.74) is 0.299. The van der Waals surface area contributed by atoms with Crippen molar-refractivity contribution in [1.82, 2.24) is 5.32 Å². The largest absolute Gasteiger partial charge is 0.345 e. The molecule has 0 aliphatic heterocycles. The second-order valence-corrected chi connectivity index (χ2v) is 4.03. The number of carbonyl (C=O) groups excluding carboxylic acids is 1. The number of hydroxylamine groups is 1. The molecule has 0 fully saturated rings. The van der Waals surface area contributed by atoms with Gasteiger partial charge in [0.05, 0.1) is 5.69 Å². The molecule has 4 nitrogen and oxygen atoms in total. The van der Waals surface area contributed by atoms with Crippen LogP contribution in [0.2, 0.25) is 5.02 Å². The summed E-state index contributed by atoms with van der Waals surface area (Å²) in [6.07, 6.45) is 0. The number of carbonyl (C=O) groups is 1. The van der Waals surface area contributed by atoms with E-state index in [-0.39, 0.29) is 0 Å². The van der Waals surface area contributed by atoms with Crippen molar-refractivity contribution in [3.05, 3.63) is 27.7 Å². The zero-order valence-corrected chi connectivity index (χ0v) is 10.3. The van der Waals surface area contributed by atoms with Crippen LogP contribution < -0.4 is 10.4 Å². The predicted molar refractivity (Wildman–Crippen MR) is 62.5 cm³/mol. The van der Waals surface area contributed by atoms with E-state index in [0.29, 0.717) is 26.8 Å². The molecule has 1 aromatic rings. The Morgan fingerprint density at radius 2 is 2.33 bits per heavy atom. The summed E-state index contributed by atoms with van der Waals surface area (Å²) < 4.78 is 0.584. The van der Waals surface area contributed by atoms with Crippen LogP contribution in [0.25, 0.3) is 0 Å². The molecular weight excluding hydrogens is 283 g/mol. The summed E-state index contributed by atoms with van der Waals surface area (Å²) in [6, 6.07) is 4.20. The van der Waals surface area contributed by atoms with E-state index >= 15 is 0 Å². The van der Waals surface area contributed by atoms with Crippen LogP contribution in [0.3, 0.4) is 0 Å². The SMILES string of the molecule is CCNC(=O)N(O)c1cc(Cl)ccc1Br. The van der Waals surface area contributed by atoms with Crippen molar-refractivity contribution >= 4 is 39.2 Å². The first-order valence-corrected chi connectivity index (χ1v) is 5.45. The van der Waals surface area contributed by atoms with Crippen molar-refractivity contribution in [3.63, 3.8) is 0 Å². The molecule has 0 heterocycles. The van der Waals surface area contributed by atoms with E-state index in [9.17, 15) is 10.0 Å². The summed E-state index contributed by atoms with van der Waals surface area (Å²) in [5.74, 6) is 0. The van der Waals surface area contributed by atoms with Gasteiger partial charge in [0, 0.05) is 16.0 Å². The molecule has 0 unspecified atom stereocenters. The molecular formula is C9H10BrClN2O2. The fourth-order valence-electron chi connectivity index (χ4n) is 0.984. The molecule has 82 valence electrons. The molecule has 0 atom stereocenters. The number of nitrogens with one attached hydrogen (secondary N) is 1. The van der Waals surface area contributed by atoms with E-state index in [4.69, 9.17) is 11.6 Å². The highest BCUT2D eigenvalue weighted by molar-refractivity contribution is 9.10. The van der Waals surface area contributed by atoms with Gasteiger partial charge in [-0.05, 0) is 41.1 Å². The molecule has 2 N–H and O–H groups in total. The highest BCUT2D eigenvalue weighted by Gasteiger charge is 2.15. The highest BCUT2D eigenvalue weighted by atomic mass is 79.9. The van der Waals surface area contributed by atoms with Crippen LogP contribution in [0.4, 0.5) is 10.5 Å². The minimum absolute atomic E-state index is 0.299. The van der Waals surface area contributed by atoms with Gasteiger partial charge in [-0.3, -0.25) is 5.21 Å². The number of nitrogens with zero attached hydrogens (tertiary/aromatic N) is 1. The highest BCUT2D eigenvalue weighted by Crippen LogP contribution is 2.28. The van der Waals surface area contributed by atoms with Crippen molar-refractivity contribution in [2.45, 2.75) is 6.92 Å². The predicted octanol–water partition coefficient (Wildman–Crippen LogP) is 3.03. The lowest BCUT2D eigenvalue weighted by Gasteiger charge is -2.16. The Morgan fingerprint density at radius 3 is 2.93 bits per heavy atom. The van der Waals surface area contributed by atoms with Crippen LogP contribution in [0.1, 0.15) is 6.92 Å². The summed E-state index contributed by atoms with van der Waals surface area (Å²) in [7, 11) is 0. The molecule has 0 aromatic heterocycles. The van der Waals surface area contributed by atoms with E-state index in [1.807, 2.05) is 0 Å². The fourth-order valence-corrected chi connectivity index (χ4v) is 1.56. The van der Waals surface area contributed by atoms with E-state index in [0.717, 1.165) is 0 Å². The zero-order chi connectivity index (χ0) is 11.4. The van der Waals surface area contributed by atoms with Gasteiger partial charge in [-0.1, -0.05) is 11.6 Å². The topological polar surface area (TPSA) is 52.6 Å². The minimum Gasteiger partial charge on any atom is -0.336 e. The molecule has 0 saturated carbocycles. The maximum atomic E-state index is 11.3. The molecule has 0 spiro atoms. The van der Waals surface area contributed by atoms with Crippen molar-refractivity contribution in [1.29, 1.82) is 0 Å². The normalized spacial score (nSPS) is 9.87. The van der Waals surface area contributed by atoms with Crippen LogP contribution in [-0.4, -0.2) is 17.8 Å². The molecule has 6 heteroatoms.